The quantitative estimate of drug-likeness (QED) is 0.800. The Morgan fingerprint density at radius 2 is 2.37 bits per heavy atom. The Kier molecular flexibility index (Phi) is 4.77. The number of likely N-dealkylation sites (tertiary alicyclic amines) is 1. The van der Waals surface area contributed by atoms with Gasteiger partial charge in [0, 0.05) is 31.5 Å². The van der Waals surface area contributed by atoms with Crippen LogP contribution in [0.25, 0.3) is 0 Å². The molecule has 0 spiro atoms. The molecule has 0 radical (unpaired) electrons. The summed E-state index contributed by atoms with van der Waals surface area (Å²) in [5.41, 5.74) is 1.46. The second kappa shape index (κ2) is 6.35. The number of ether oxygens (including phenoxy) is 1. The Hall–Kier alpha value is -1.13. The van der Waals surface area contributed by atoms with Crippen LogP contribution in [-0.4, -0.2) is 42.1 Å². The number of hydrogen-bond donors (Lipinski definition) is 0. The van der Waals surface area contributed by atoms with Crippen LogP contribution in [0.1, 0.15) is 35.8 Å². The first kappa shape index (κ1) is 14.3. The first-order valence-electron chi connectivity index (χ1n) is 6.62. The molecule has 1 unspecified atom stereocenters. The molecule has 0 N–H and O–H groups in total. The van der Waals surface area contributed by atoms with Crippen LogP contribution in [0.2, 0.25) is 5.15 Å². The molecule has 1 aliphatic heterocycles. The van der Waals surface area contributed by atoms with Crippen molar-refractivity contribution in [1.29, 1.82) is 0 Å². The van der Waals surface area contributed by atoms with Crippen LogP contribution in [0.3, 0.4) is 0 Å². The molecular formula is C14H19ClN2O2. The minimum atomic E-state index is 0.0146. The molecule has 104 valence electrons. The maximum Gasteiger partial charge on any atom is 0.254 e. The van der Waals surface area contributed by atoms with Gasteiger partial charge in [0.2, 0.25) is 0 Å². The number of carbonyl (C=O) groups is 1. The van der Waals surface area contributed by atoms with Crippen molar-refractivity contribution in [2.24, 2.45) is 0 Å². The standard InChI is InChI=1S/C14H19ClN2O2/c1-3-11-7-10(8-13(15)16-11)14(18)17-6-4-5-12(9-17)19-2/h7-8,12H,3-6,9H2,1-2H3. The van der Waals surface area contributed by atoms with E-state index in [1.54, 1.807) is 13.2 Å². The Morgan fingerprint density at radius 1 is 1.58 bits per heavy atom. The van der Waals surface area contributed by atoms with E-state index in [0.29, 0.717) is 17.3 Å². The third-order valence-corrected chi connectivity index (χ3v) is 3.65. The Bertz CT molecular complexity index is 465. The highest BCUT2D eigenvalue weighted by molar-refractivity contribution is 6.29. The fourth-order valence-corrected chi connectivity index (χ4v) is 2.58. The summed E-state index contributed by atoms with van der Waals surface area (Å²) in [5, 5.41) is 0.378. The van der Waals surface area contributed by atoms with Crippen LogP contribution in [-0.2, 0) is 11.2 Å². The van der Waals surface area contributed by atoms with Gasteiger partial charge in [0.1, 0.15) is 5.15 Å². The van der Waals surface area contributed by atoms with E-state index in [1.165, 1.54) is 0 Å². The highest BCUT2D eigenvalue weighted by Crippen LogP contribution is 2.18. The summed E-state index contributed by atoms with van der Waals surface area (Å²) in [6, 6.07) is 3.46. The summed E-state index contributed by atoms with van der Waals surface area (Å²) in [6.45, 7) is 3.42. The van der Waals surface area contributed by atoms with Crippen LogP contribution in [0.5, 0.6) is 0 Å². The number of carbonyl (C=O) groups excluding carboxylic acids is 1. The topological polar surface area (TPSA) is 42.4 Å². The fourth-order valence-electron chi connectivity index (χ4n) is 2.35. The van der Waals surface area contributed by atoms with Gasteiger partial charge in [-0.1, -0.05) is 18.5 Å². The molecule has 2 rings (SSSR count). The molecule has 1 aromatic heterocycles. The lowest BCUT2D eigenvalue weighted by Crippen LogP contribution is -2.42. The lowest BCUT2D eigenvalue weighted by Gasteiger charge is -2.32. The van der Waals surface area contributed by atoms with Crippen LogP contribution in [0, 0.1) is 0 Å². The van der Waals surface area contributed by atoms with Crippen molar-refractivity contribution in [3.05, 3.63) is 28.5 Å². The zero-order valence-corrected chi connectivity index (χ0v) is 12.1. The average molecular weight is 283 g/mol. The minimum absolute atomic E-state index is 0.0146. The van der Waals surface area contributed by atoms with Crippen molar-refractivity contribution in [3.8, 4) is 0 Å². The molecule has 0 saturated carbocycles. The van der Waals surface area contributed by atoms with Crippen LogP contribution < -0.4 is 0 Å². The largest absolute Gasteiger partial charge is 0.380 e. The number of amides is 1. The average Bonchev–Trinajstić information content (AvgIpc) is 2.45. The number of aromatic nitrogens is 1. The summed E-state index contributed by atoms with van der Waals surface area (Å²) in [6.07, 6.45) is 2.89. The number of nitrogens with zero attached hydrogens (tertiary/aromatic N) is 2. The van der Waals surface area contributed by atoms with Gasteiger partial charge in [-0.05, 0) is 31.4 Å². The van der Waals surface area contributed by atoms with E-state index in [1.807, 2.05) is 17.9 Å². The number of methoxy groups -OCH3 is 1. The van der Waals surface area contributed by atoms with E-state index in [9.17, 15) is 4.79 Å². The molecule has 1 saturated heterocycles. The molecule has 5 heteroatoms. The van der Waals surface area contributed by atoms with Crippen molar-refractivity contribution in [1.82, 2.24) is 9.88 Å². The van der Waals surface area contributed by atoms with E-state index in [-0.39, 0.29) is 12.0 Å². The molecule has 1 aromatic rings. The molecule has 1 amide bonds. The zero-order chi connectivity index (χ0) is 13.8. The van der Waals surface area contributed by atoms with Crippen LogP contribution in [0.15, 0.2) is 12.1 Å². The predicted molar refractivity (Wildman–Crippen MR) is 74.6 cm³/mol. The number of aryl methyl sites for hydroxylation is 1. The summed E-state index contributed by atoms with van der Waals surface area (Å²) < 4.78 is 5.34. The summed E-state index contributed by atoms with van der Waals surface area (Å²) in [7, 11) is 1.69. The molecular weight excluding hydrogens is 264 g/mol. The fraction of sp³-hybridized carbons (Fsp3) is 0.571. The normalized spacial score (nSPS) is 19.5. The Morgan fingerprint density at radius 3 is 3.05 bits per heavy atom. The van der Waals surface area contributed by atoms with E-state index in [0.717, 1.165) is 31.5 Å². The number of hydrogen-bond acceptors (Lipinski definition) is 3. The SMILES string of the molecule is CCc1cc(C(=O)N2CCCC(OC)C2)cc(Cl)n1. The van der Waals surface area contributed by atoms with Gasteiger partial charge >= 0.3 is 0 Å². The van der Waals surface area contributed by atoms with Crippen molar-refractivity contribution in [3.63, 3.8) is 0 Å². The van der Waals surface area contributed by atoms with Crippen molar-refractivity contribution in [2.45, 2.75) is 32.3 Å². The third kappa shape index (κ3) is 3.45. The Labute approximate surface area is 118 Å². The predicted octanol–water partition coefficient (Wildman–Crippen LogP) is 2.55. The van der Waals surface area contributed by atoms with Gasteiger partial charge in [-0.25, -0.2) is 4.98 Å². The Balaban J connectivity index is 2.16. The van der Waals surface area contributed by atoms with Crippen molar-refractivity contribution in [2.75, 3.05) is 20.2 Å². The maximum absolute atomic E-state index is 12.5. The van der Waals surface area contributed by atoms with Crippen molar-refractivity contribution < 1.29 is 9.53 Å². The van der Waals surface area contributed by atoms with Crippen molar-refractivity contribution >= 4 is 17.5 Å². The minimum Gasteiger partial charge on any atom is -0.380 e. The van der Waals surface area contributed by atoms with E-state index < -0.39 is 0 Å². The van der Waals surface area contributed by atoms with Gasteiger partial charge in [-0.2, -0.15) is 0 Å². The van der Waals surface area contributed by atoms with Crippen LogP contribution in [0.4, 0.5) is 0 Å². The second-order valence-electron chi connectivity index (χ2n) is 4.77. The van der Waals surface area contributed by atoms with Gasteiger partial charge in [0.25, 0.3) is 5.91 Å². The molecule has 1 atom stereocenters. The maximum atomic E-state index is 12.5. The van der Waals surface area contributed by atoms with E-state index in [4.69, 9.17) is 16.3 Å². The number of piperidine rings is 1. The summed E-state index contributed by atoms with van der Waals surface area (Å²) in [5.74, 6) is 0.0146. The van der Waals surface area contributed by atoms with Gasteiger partial charge in [0.05, 0.1) is 6.10 Å². The molecule has 1 aliphatic rings. The van der Waals surface area contributed by atoms with Gasteiger partial charge < -0.3 is 9.64 Å². The van der Waals surface area contributed by atoms with Gasteiger partial charge in [0.15, 0.2) is 0 Å². The zero-order valence-electron chi connectivity index (χ0n) is 11.4. The number of rotatable bonds is 3. The number of halogens is 1. The molecule has 4 nitrogen and oxygen atoms in total. The first-order valence-corrected chi connectivity index (χ1v) is 7.00. The van der Waals surface area contributed by atoms with E-state index >= 15 is 0 Å². The molecule has 2 heterocycles. The molecule has 0 aliphatic carbocycles. The molecule has 0 aromatic carbocycles. The lowest BCUT2D eigenvalue weighted by molar-refractivity contribution is 0.0269. The first-order chi connectivity index (χ1) is 9.13. The van der Waals surface area contributed by atoms with Gasteiger partial charge in [-0.3, -0.25) is 4.79 Å². The number of pyridine rings is 1. The molecule has 19 heavy (non-hydrogen) atoms. The molecule has 0 bridgehead atoms. The highest BCUT2D eigenvalue weighted by atomic mass is 35.5. The third-order valence-electron chi connectivity index (χ3n) is 3.46. The summed E-state index contributed by atoms with van der Waals surface area (Å²) in [4.78, 5) is 18.5. The highest BCUT2D eigenvalue weighted by Gasteiger charge is 2.24. The lowest BCUT2D eigenvalue weighted by atomic mass is 10.1. The second-order valence-corrected chi connectivity index (χ2v) is 5.16. The van der Waals surface area contributed by atoms with E-state index in [2.05, 4.69) is 4.98 Å². The smallest absolute Gasteiger partial charge is 0.254 e. The van der Waals surface area contributed by atoms with Gasteiger partial charge in [-0.15, -0.1) is 0 Å². The summed E-state index contributed by atoms with van der Waals surface area (Å²) >= 11 is 5.96. The molecule has 1 fully saturated rings. The monoisotopic (exact) mass is 282 g/mol. The van der Waals surface area contributed by atoms with Crippen LogP contribution >= 0.6 is 11.6 Å².